The van der Waals surface area contributed by atoms with Gasteiger partial charge in [0, 0.05) is 13.2 Å². The summed E-state index contributed by atoms with van der Waals surface area (Å²) in [7, 11) is 1.64. The van der Waals surface area contributed by atoms with E-state index in [2.05, 4.69) is 15.3 Å². The van der Waals surface area contributed by atoms with Crippen LogP contribution in [0.4, 0.5) is 0 Å². The fraction of sp³-hybridized carbons (Fsp3) is 0.273. The van der Waals surface area contributed by atoms with E-state index >= 15 is 0 Å². The van der Waals surface area contributed by atoms with Gasteiger partial charge in [-0.1, -0.05) is 62.4 Å². The molecule has 0 radical (unpaired) electrons. The van der Waals surface area contributed by atoms with Crippen molar-refractivity contribution in [3.8, 4) is 11.1 Å². The maximum atomic E-state index is 11.6. The molecule has 1 atom stereocenters. The van der Waals surface area contributed by atoms with Crippen LogP contribution in [-0.4, -0.2) is 28.0 Å². The number of amides is 1. The number of carbonyl (C=O) groups excluding carboxylic acids is 1. The van der Waals surface area contributed by atoms with Crippen LogP contribution >= 0.6 is 0 Å². The fourth-order valence-corrected chi connectivity index (χ4v) is 3.30. The zero-order chi connectivity index (χ0) is 19.4. The molecule has 0 aliphatic rings. The lowest BCUT2D eigenvalue weighted by molar-refractivity contribution is -0.119. The monoisotopic (exact) mass is 363 g/mol. The highest BCUT2D eigenvalue weighted by Gasteiger charge is 2.37. The third-order valence-electron chi connectivity index (χ3n) is 4.95. The molecule has 1 unspecified atom stereocenters. The number of benzene rings is 2. The Kier molecular flexibility index (Phi) is 5.42. The smallest absolute Gasteiger partial charge is 0.224 e. The summed E-state index contributed by atoms with van der Waals surface area (Å²) in [5.74, 6) is -0.0500. The second kappa shape index (κ2) is 7.76. The molecule has 0 fully saturated rings. The first-order chi connectivity index (χ1) is 12.9. The van der Waals surface area contributed by atoms with E-state index < -0.39 is 5.60 Å². The van der Waals surface area contributed by atoms with E-state index in [1.807, 2.05) is 62.4 Å². The lowest BCUT2D eigenvalue weighted by Gasteiger charge is -2.31. The number of likely N-dealkylation sites (N-methyl/N-ethyl adjacent to an activating group) is 1. The Balaban J connectivity index is 1.91. The maximum absolute atomic E-state index is 11.6. The molecule has 0 saturated heterocycles. The fourth-order valence-electron chi connectivity index (χ4n) is 3.30. The summed E-state index contributed by atoms with van der Waals surface area (Å²) in [5, 5.41) is 14.0. The molecule has 27 heavy (non-hydrogen) atoms. The first-order valence-electron chi connectivity index (χ1n) is 9.07. The molecule has 1 heterocycles. The average Bonchev–Trinajstić information content (AvgIpc) is 3.22. The van der Waals surface area contributed by atoms with Crippen LogP contribution in [0.2, 0.25) is 0 Å². The third-order valence-corrected chi connectivity index (χ3v) is 4.95. The lowest BCUT2D eigenvalue weighted by atomic mass is 9.80. The molecule has 1 aromatic heterocycles. The second-order valence-electron chi connectivity index (χ2n) is 7.00. The number of nitrogens with one attached hydrogen (secondary N) is 2. The lowest BCUT2D eigenvalue weighted by Crippen LogP contribution is -2.33. The van der Waals surface area contributed by atoms with E-state index in [0.29, 0.717) is 12.1 Å². The SMILES string of the molecule is CNC(=O)Cc1cccc(-c2ccc(C(O)(c3c[nH]cn3)C(C)C)cc2)c1. The first kappa shape index (κ1) is 18.9. The quantitative estimate of drug-likeness (QED) is 0.629. The van der Waals surface area contributed by atoms with Crippen molar-refractivity contribution in [2.45, 2.75) is 25.9 Å². The number of hydrogen-bond donors (Lipinski definition) is 3. The Morgan fingerprint density at radius 1 is 1.19 bits per heavy atom. The highest BCUT2D eigenvalue weighted by atomic mass is 16.3. The summed E-state index contributed by atoms with van der Waals surface area (Å²) < 4.78 is 0. The summed E-state index contributed by atoms with van der Waals surface area (Å²) in [6, 6.07) is 15.8. The molecule has 3 rings (SSSR count). The van der Waals surface area contributed by atoms with Crippen LogP contribution < -0.4 is 5.32 Å². The number of aliphatic hydroxyl groups is 1. The molecule has 0 saturated carbocycles. The normalized spacial score (nSPS) is 13.4. The number of aromatic nitrogens is 2. The number of rotatable bonds is 6. The summed E-state index contributed by atoms with van der Waals surface area (Å²) in [6.45, 7) is 3.95. The molecular weight excluding hydrogens is 338 g/mol. The predicted octanol–water partition coefficient (Wildman–Crippen LogP) is 3.26. The van der Waals surface area contributed by atoms with E-state index in [4.69, 9.17) is 0 Å². The molecule has 0 aliphatic heterocycles. The molecule has 0 aliphatic carbocycles. The van der Waals surface area contributed by atoms with Crippen LogP contribution in [0.5, 0.6) is 0 Å². The summed E-state index contributed by atoms with van der Waals surface area (Å²) in [5.41, 5.74) is 3.29. The maximum Gasteiger partial charge on any atom is 0.224 e. The molecule has 1 amide bonds. The highest BCUT2D eigenvalue weighted by Crippen LogP contribution is 2.36. The summed E-state index contributed by atoms with van der Waals surface area (Å²) >= 11 is 0. The van der Waals surface area contributed by atoms with Crippen molar-refractivity contribution >= 4 is 5.91 Å². The van der Waals surface area contributed by atoms with Crippen LogP contribution in [-0.2, 0) is 16.8 Å². The van der Waals surface area contributed by atoms with Gasteiger partial charge < -0.3 is 15.4 Å². The number of carbonyl (C=O) groups is 1. The van der Waals surface area contributed by atoms with Crippen LogP contribution in [0, 0.1) is 5.92 Å². The Labute approximate surface area is 159 Å². The zero-order valence-electron chi connectivity index (χ0n) is 15.9. The van der Waals surface area contributed by atoms with Crippen molar-refractivity contribution in [2.75, 3.05) is 7.05 Å². The molecule has 3 aromatic rings. The van der Waals surface area contributed by atoms with Gasteiger partial charge in [-0.05, 0) is 28.2 Å². The van der Waals surface area contributed by atoms with Crippen molar-refractivity contribution < 1.29 is 9.90 Å². The molecule has 2 aromatic carbocycles. The van der Waals surface area contributed by atoms with E-state index in [9.17, 15) is 9.90 Å². The Morgan fingerprint density at radius 3 is 2.52 bits per heavy atom. The van der Waals surface area contributed by atoms with Gasteiger partial charge in [0.2, 0.25) is 5.91 Å². The molecule has 0 spiro atoms. The minimum absolute atomic E-state index is 0.0106. The molecule has 0 bridgehead atoms. The summed E-state index contributed by atoms with van der Waals surface area (Å²) in [6.07, 6.45) is 3.67. The van der Waals surface area contributed by atoms with E-state index in [-0.39, 0.29) is 11.8 Å². The Hall–Kier alpha value is -2.92. The number of hydrogen-bond acceptors (Lipinski definition) is 3. The van der Waals surface area contributed by atoms with Crippen molar-refractivity contribution in [3.63, 3.8) is 0 Å². The Bertz CT molecular complexity index is 902. The topological polar surface area (TPSA) is 78.0 Å². The van der Waals surface area contributed by atoms with Gasteiger partial charge in [-0.15, -0.1) is 0 Å². The number of aromatic amines is 1. The van der Waals surface area contributed by atoms with Crippen molar-refractivity contribution in [1.29, 1.82) is 0 Å². The van der Waals surface area contributed by atoms with Crippen molar-refractivity contribution in [1.82, 2.24) is 15.3 Å². The van der Waals surface area contributed by atoms with Crippen LogP contribution in [0.25, 0.3) is 11.1 Å². The second-order valence-corrected chi connectivity index (χ2v) is 7.00. The van der Waals surface area contributed by atoms with Crippen LogP contribution in [0.1, 0.15) is 30.7 Å². The minimum atomic E-state index is -1.15. The minimum Gasteiger partial charge on any atom is -0.378 e. The van der Waals surface area contributed by atoms with Crippen LogP contribution in [0.15, 0.2) is 61.1 Å². The van der Waals surface area contributed by atoms with Gasteiger partial charge in [0.05, 0.1) is 18.4 Å². The molecule has 3 N–H and O–H groups in total. The van der Waals surface area contributed by atoms with Crippen molar-refractivity contribution in [3.05, 3.63) is 77.9 Å². The van der Waals surface area contributed by atoms with Gasteiger partial charge in [-0.3, -0.25) is 4.79 Å². The predicted molar refractivity (Wildman–Crippen MR) is 106 cm³/mol. The molecule has 5 nitrogen and oxygen atoms in total. The van der Waals surface area contributed by atoms with Gasteiger partial charge in [-0.25, -0.2) is 4.98 Å². The average molecular weight is 363 g/mol. The molecular formula is C22H25N3O2. The number of H-pyrrole nitrogens is 1. The summed E-state index contributed by atoms with van der Waals surface area (Å²) in [4.78, 5) is 18.8. The van der Waals surface area contributed by atoms with E-state index in [0.717, 1.165) is 22.3 Å². The standard InChI is InChI=1S/C22H25N3O2/c1-15(2)22(27,20-13-24-14-25-20)19-9-7-17(8-10-19)18-6-4-5-16(11-18)12-21(26)23-3/h4-11,13-15,27H,12H2,1-3H3,(H,23,26)(H,24,25). The van der Waals surface area contributed by atoms with Crippen LogP contribution in [0.3, 0.4) is 0 Å². The first-order valence-corrected chi connectivity index (χ1v) is 9.07. The molecule has 5 heteroatoms. The Morgan fingerprint density at radius 2 is 1.93 bits per heavy atom. The van der Waals surface area contributed by atoms with Gasteiger partial charge in [0.15, 0.2) is 0 Å². The van der Waals surface area contributed by atoms with Gasteiger partial charge in [0.25, 0.3) is 0 Å². The third kappa shape index (κ3) is 3.78. The zero-order valence-corrected chi connectivity index (χ0v) is 15.9. The van der Waals surface area contributed by atoms with Gasteiger partial charge in [0.1, 0.15) is 5.60 Å². The van der Waals surface area contributed by atoms with Gasteiger partial charge in [-0.2, -0.15) is 0 Å². The number of imidazole rings is 1. The highest BCUT2D eigenvalue weighted by molar-refractivity contribution is 5.79. The van der Waals surface area contributed by atoms with E-state index in [1.54, 1.807) is 19.6 Å². The largest absolute Gasteiger partial charge is 0.378 e. The number of nitrogens with zero attached hydrogens (tertiary/aromatic N) is 1. The molecule has 140 valence electrons. The van der Waals surface area contributed by atoms with Crippen molar-refractivity contribution in [2.24, 2.45) is 5.92 Å². The van der Waals surface area contributed by atoms with E-state index in [1.165, 1.54) is 0 Å². The van der Waals surface area contributed by atoms with Gasteiger partial charge >= 0.3 is 0 Å².